The summed E-state index contributed by atoms with van der Waals surface area (Å²) in [5.74, 6) is 0.360. The number of nitrogens with zero attached hydrogens (tertiary/aromatic N) is 1. The van der Waals surface area contributed by atoms with E-state index in [1.165, 1.54) is 12.7 Å². The summed E-state index contributed by atoms with van der Waals surface area (Å²) in [6, 6.07) is 8.00. The number of rotatable bonds is 4. The molecule has 4 heteroatoms. The zero-order valence-corrected chi connectivity index (χ0v) is 11.0. The summed E-state index contributed by atoms with van der Waals surface area (Å²) < 4.78 is 4.85. The zero-order valence-electron chi connectivity index (χ0n) is 9.40. The molecule has 0 heterocycles. The molecule has 2 N–H and O–H groups in total. The van der Waals surface area contributed by atoms with Crippen LogP contribution in [0.1, 0.15) is 12.5 Å². The van der Waals surface area contributed by atoms with Crippen LogP contribution in [-0.2, 0) is 10.1 Å². The van der Waals surface area contributed by atoms with E-state index in [-0.39, 0.29) is 0 Å². The quantitative estimate of drug-likeness (QED) is 0.524. The number of nitrogens with two attached hydrogens (primary N) is 1. The van der Waals surface area contributed by atoms with E-state index in [0.29, 0.717) is 5.88 Å². The molecule has 0 saturated heterocycles. The minimum atomic E-state index is 0.360. The van der Waals surface area contributed by atoms with Gasteiger partial charge in [0, 0.05) is 17.1 Å². The molecule has 0 fully saturated rings. The fourth-order valence-corrected chi connectivity index (χ4v) is 1.53. The third kappa shape index (κ3) is 4.06. The van der Waals surface area contributed by atoms with Crippen molar-refractivity contribution in [1.29, 1.82) is 0 Å². The normalized spacial score (nSPS) is 12.7. The topological polar surface area (TPSA) is 47.6 Å². The van der Waals surface area contributed by atoms with Gasteiger partial charge in [0.25, 0.3) is 0 Å². The molecule has 0 aliphatic rings. The molecule has 0 bridgehead atoms. The van der Waals surface area contributed by atoms with Crippen LogP contribution in [0, 0.1) is 0 Å². The lowest BCUT2D eigenvalue weighted by atomic mass is 10.2. The van der Waals surface area contributed by atoms with Crippen molar-refractivity contribution in [3.8, 4) is 0 Å². The predicted octanol–water partition coefficient (Wildman–Crippen LogP) is 3.12. The molecular weight excluding hydrogens is 268 g/mol. The predicted molar refractivity (Wildman–Crippen MR) is 71.1 cm³/mol. The molecule has 0 aliphatic carbocycles. The molecule has 1 rings (SSSR count). The number of ether oxygens (including phenoxy) is 1. The van der Waals surface area contributed by atoms with Crippen LogP contribution in [0.25, 0.3) is 0 Å². The maximum atomic E-state index is 5.53. The number of methoxy groups -OCH3 is 1. The fourth-order valence-electron chi connectivity index (χ4n) is 1.16. The molecule has 0 spiro atoms. The standard InChI is InChI=1S/C12H15BrN2O/c1-9(7-12(14)16-2)15-11-5-3-10(8-13)4-6-11/h3-7H,8,14H2,1-2H3/b12-7+,15-9?. The van der Waals surface area contributed by atoms with Gasteiger partial charge in [0.1, 0.15) is 0 Å². The van der Waals surface area contributed by atoms with E-state index in [4.69, 9.17) is 10.5 Å². The molecule has 0 saturated carbocycles. The van der Waals surface area contributed by atoms with Crippen LogP contribution in [0.4, 0.5) is 5.69 Å². The molecule has 0 aromatic heterocycles. The highest BCUT2D eigenvalue weighted by Crippen LogP contribution is 2.15. The lowest BCUT2D eigenvalue weighted by Crippen LogP contribution is -2.01. The zero-order chi connectivity index (χ0) is 12.0. The van der Waals surface area contributed by atoms with Gasteiger partial charge in [-0.25, -0.2) is 0 Å². The lowest BCUT2D eigenvalue weighted by Gasteiger charge is -2.00. The van der Waals surface area contributed by atoms with Crippen molar-refractivity contribution < 1.29 is 4.74 Å². The van der Waals surface area contributed by atoms with Crippen molar-refractivity contribution in [2.75, 3.05) is 7.11 Å². The Morgan fingerprint density at radius 2 is 2.06 bits per heavy atom. The number of benzene rings is 1. The van der Waals surface area contributed by atoms with E-state index >= 15 is 0 Å². The lowest BCUT2D eigenvalue weighted by molar-refractivity contribution is 0.288. The second kappa shape index (κ2) is 6.33. The average Bonchev–Trinajstić information content (AvgIpc) is 2.29. The van der Waals surface area contributed by atoms with Gasteiger partial charge in [0.15, 0.2) is 5.88 Å². The van der Waals surface area contributed by atoms with Gasteiger partial charge in [-0.15, -0.1) is 0 Å². The van der Waals surface area contributed by atoms with E-state index < -0.39 is 0 Å². The highest BCUT2D eigenvalue weighted by Gasteiger charge is 1.93. The van der Waals surface area contributed by atoms with E-state index in [2.05, 4.69) is 20.9 Å². The fraction of sp³-hybridized carbons (Fsp3) is 0.250. The van der Waals surface area contributed by atoms with Crippen molar-refractivity contribution in [3.05, 3.63) is 41.8 Å². The van der Waals surface area contributed by atoms with Gasteiger partial charge in [-0.05, 0) is 24.6 Å². The second-order valence-corrected chi connectivity index (χ2v) is 3.86. The number of aliphatic imine (C=N–C) groups is 1. The van der Waals surface area contributed by atoms with Crippen LogP contribution < -0.4 is 5.73 Å². The molecule has 0 aliphatic heterocycles. The van der Waals surface area contributed by atoms with Crippen LogP contribution in [0.3, 0.4) is 0 Å². The SMILES string of the molecule is CO/C(N)=C/C(C)=Nc1ccc(CBr)cc1. The van der Waals surface area contributed by atoms with E-state index in [9.17, 15) is 0 Å². The second-order valence-electron chi connectivity index (χ2n) is 3.30. The Hall–Kier alpha value is -1.29. The number of halogens is 1. The minimum absolute atomic E-state index is 0.360. The Bertz CT molecular complexity index is 396. The van der Waals surface area contributed by atoms with E-state index in [1.807, 2.05) is 31.2 Å². The largest absolute Gasteiger partial charge is 0.483 e. The molecular formula is C12H15BrN2O. The molecule has 86 valence electrons. The minimum Gasteiger partial charge on any atom is -0.483 e. The first kappa shape index (κ1) is 12.8. The van der Waals surface area contributed by atoms with Gasteiger partial charge in [-0.1, -0.05) is 28.1 Å². The molecule has 0 radical (unpaired) electrons. The van der Waals surface area contributed by atoms with Crippen molar-refractivity contribution in [2.45, 2.75) is 12.3 Å². The number of allylic oxidation sites excluding steroid dienone is 1. The molecule has 0 amide bonds. The van der Waals surface area contributed by atoms with Gasteiger partial charge >= 0.3 is 0 Å². The summed E-state index contributed by atoms with van der Waals surface area (Å²) >= 11 is 3.40. The Kier molecular flexibility index (Phi) is 5.05. The summed E-state index contributed by atoms with van der Waals surface area (Å²) in [6.45, 7) is 1.88. The summed E-state index contributed by atoms with van der Waals surface area (Å²) in [4.78, 5) is 4.39. The highest BCUT2D eigenvalue weighted by atomic mass is 79.9. The van der Waals surface area contributed by atoms with E-state index in [1.54, 1.807) is 6.08 Å². The molecule has 16 heavy (non-hydrogen) atoms. The average molecular weight is 283 g/mol. The maximum Gasteiger partial charge on any atom is 0.185 e. The van der Waals surface area contributed by atoms with Crippen molar-refractivity contribution in [1.82, 2.24) is 0 Å². The van der Waals surface area contributed by atoms with E-state index in [0.717, 1.165) is 16.7 Å². The number of hydrogen-bond acceptors (Lipinski definition) is 3. The van der Waals surface area contributed by atoms with Gasteiger partial charge in [0.05, 0.1) is 12.8 Å². The first-order chi connectivity index (χ1) is 7.65. The number of hydrogen-bond donors (Lipinski definition) is 1. The molecule has 0 atom stereocenters. The van der Waals surface area contributed by atoms with Crippen LogP contribution in [0.5, 0.6) is 0 Å². The van der Waals surface area contributed by atoms with Crippen LogP contribution in [-0.4, -0.2) is 12.8 Å². The van der Waals surface area contributed by atoms with Crippen LogP contribution in [0.2, 0.25) is 0 Å². The van der Waals surface area contributed by atoms with Gasteiger partial charge in [-0.2, -0.15) is 0 Å². The summed E-state index contributed by atoms with van der Waals surface area (Å²) in [5.41, 5.74) is 8.47. The Morgan fingerprint density at radius 3 is 2.56 bits per heavy atom. The third-order valence-corrected chi connectivity index (χ3v) is 2.63. The molecule has 1 aromatic carbocycles. The van der Waals surface area contributed by atoms with Crippen molar-refractivity contribution >= 4 is 27.3 Å². The Morgan fingerprint density at radius 1 is 1.44 bits per heavy atom. The van der Waals surface area contributed by atoms with Gasteiger partial charge in [-0.3, -0.25) is 4.99 Å². The van der Waals surface area contributed by atoms with Crippen LogP contribution >= 0.6 is 15.9 Å². The first-order valence-corrected chi connectivity index (χ1v) is 5.99. The molecule has 3 nitrogen and oxygen atoms in total. The van der Waals surface area contributed by atoms with Gasteiger partial charge < -0.3 is 10.5 Å². The van der Waals surface area contributed by atoms with Crippen LogP contribution in [0.15, 0.2) is 41.2 Å². The highest BCUT2D eigenvalue weighted by molar-refractivity contribution is 9.08. The number of alkyl halides is 1. The summed E-state index contributed by atoms with van der Waals surface area (Å²) in [5, 5.41) is 0.854. The smallest absolute Gasteiger partial charge is 0.185 e. The molecule has 0 unspecified atom stereocenters. The Labute approximate surface area is 104 Å². The first-order valence-electron chi connectivity index (χ1n) is 4.87. The monoisotopic (exact) mass is 282 g/mol. The van der Waals surface area contributed by atoms with Crippen molar-refractivity contribution in [2.24, 2.45) is 10.7 Å². The van der Waals surface area contributed by atoms with Crippen molar-refractivity contribution in [3.63, 3.8) is 0 Å². The molecule has 1 aromatic rings. The van der Waals surface area contributed by atoms with Gasteiger partial charge in [0.2, 0.25) is 0 Å². The summed E-state index contributed by atoms with van der Waals surface area (Å²) in [6.07, 6.45) is 1.69. The Balaban J connectivity index is 2.82. The summed E-state index contributed by atoms with van der Waals surface area (Å²) in [7, 11) is 1.53. The maximum absolute atomic E-state index is 5.53. The third-order valence-electron chi connectivity index (χ3n) is 1.98.